The van der Waals surface area contributed by atoms with E-state index in [1.54, 1.807) is 11.3 Å². The number of nitrogens with one attached hydrogen (secondary N) is 1. The topological polar surface area (TPSA) is 79.3 Å². The average Bonchev–Trinajstić information content (AvgIpc) is 2.99. The zero-order chi connectivity index (χ0) is 14.6. The first kappa shape index (κ1) is 15.0. The molecule has 6 heteroatoms. The molecular weight excluding hydrogens is 276 g/mol. The molecule has 1 saturated carbocycles. The molecule has 1 aliphatic carbocycles. The van der Waals surface area contributed by atoms with Gasteiger partial charge in [0.1, 0.15) is 0 Å². The normalized spacial score (nSPS) is 17.1. The van der Waals surface area contributed by atoms with Gasteiger partial charge in [-0.05, 0) is 19.8 Å². The fourth-order valence-corrected chi connectivity index (χ4v) is 3.49. The number of carbonyl (C=O) groups is 2. The Labute approximate surface area is 122 Å². The zero-order valence-electron chi connectivity index (χ0n) is 11.6. The van der Waals surface area contributed by atoms with Gasteiger partial charge in [-0.25, -0.2) is 4.98 Å². The summed E-state index contributed by atoms with van der Waals surface area (Å²) in [6.45, 7) is 2.46. The monoisotopic (exact) mass is 296 g/mol. The lowest BCUT2D eigenvalue weighted by atomic mass is 9.82. The summed E-state index contributed by atoms with van der Waals surface area (Å²) in [5.74, 6) is -0.997. The molecule has 0 aliphatic heterocycles. The summed E-state index contributed by atoms with van der Waals surface area (Å²) in [6, 6.07) is 0. The Balaban J connectivity index is 1.78. The number of carboxylic acid groups (broad SMARTS) is 1. The molecule has 1 heterocycles. The smallest absolute Gasteiger partial charge is 0.310 e. The third-order valence-corrected chi connectivity index (χ3v) is 4.87. The van der Waals surface area contributed by atoms with E-state index in [2.05, 4.69) is 10.3 Å². The fraction of sp³-hybridized carbons (Fsp3) is 0.643. The molecule has 0 unspecified atom stereocenters. The van der Waals surface area contributed by atoms with Gasteiger partial charge < -0.3 is 10.4 Å². The van der Waals surface area contributed by atoms with E-state index in [1.807, 2.05) is 12.3 Å². The van der Waals surface area contributed by atoms with Gasteiger partial charge in [0.15, 0.2) is 0 Å². The molecule has 0 saturated heterocycles. The van der Waals surface area contributed by atoms with Crippen molar-refractivity contribution in [1.29, 1.82) is 0 Å². The van der Waals surface area contributed by atoms with Crippen LogP contribution in [0.15, 0.2) is 5.38 Å². The number of hydrogen-bond donors (Lipinski definition) is 2. The Hall–Kier alpha value is -1.43. The van der Waals surface area contributed by atoms with Crippen molar-refractivity contribution in [3.8, 4) is 0 Å². The Morgan fingerprint density at radius 3 is 2.70 bits per heavy atom. The van der Waals surface area contributed by atoms with Crippen molar-refractivity contribution in [2.75, 3.05) is 6.54 Å². The number of aromatic nitrogens is 1. The Morgan fingerprint density at radius 2 is 2.15 bits per heavy atom. The number of carbonyl (C=O) groups excluding carboxylic acids is 1. The van der Waals surface area contributed by atoms with Crippen LogP contribution in [0.2, 0.25) is 0 Å². The SMILES string of the molecule is Cc1csc(CCNC(=O)CC2(C(=O)O)CCCC2)n1. The maximum absolute atomic E-state index is 11.9. The number of carboxylic acids is 1. The lowest BCUT2D eigenvalue weighted by Gasteiger charge is -2.22. The second-order valence-corrected chi connectivity index (χ2v) is 6.39. The van der Waals surface area contributed by atoms with E-state index in [0.29, 0.717) is 25.8 Å². The van der Waals surface area contributed by atoms with Crippen LogP contribution < -0.4 is 5.32 Å². The van der Waals surface area contributed by atoms with Crippen LogP contribution >= 0.6 is 11.3 Å². The molecule has 2 N–H and O–H groups in total. The minimum atomic E-state index is -0.833. The molecule has 20 heavy (non-hydrogen) atoms. The van der Waals surface area contributed by atoms with Gasteiger partial charge in [-0.3, -0.25) is 9.59 Å². The predicted molar refractivity (Wildman–Crippen MR) is 76.7 cm³/mol. The number of aryl methyl sites for hydroxylation is 1. The molecule has 0 aromatic carbocycles. The van der Waals surface area contributed by atoms with Gasteiger partial charge in [0.2, 0.25) is 5.91 Å². The van der Waals surface area contributed by atoms with Gasteiger partial charge in [-0.1, -0.05) is 12.8 Å². The third-order valence-electron chi connectivity index (χ3n) is 3.84. The summed E-state index contributed by atoms with van der Waals surface area (Å²) in [5.41, 5.74) is 0.161. The minimum absolute atomic E-state index is 0.0965. The third kappa shape index (κ3) is 3.56. The molecule has 1 aromatic heterocycles. The van der Waals surface area contributed by atoms with Gasteiger partial charge in [-0.15, -0.1) is 11.3 Å². The maximum atomic E-state index is 11.9. The van der Waals surface area contributed by atoms with Gasteiger partial charge in [0, 0.05) is 30.5 Å². The molecule has 0 bridgehead atoms. The lowest BCUT2D eigenvalue weighted by molar-refractivity contribution is -0.151. The quantitative estimate of drug-likeness (QED) is 0.843. The van der Waals surface area contributed by atoms with Crippen molar-refractivity contribution in [3.63, 3.8) is 0 Å². The number of nitrogens with zero attached hydrogens (tertiary/aromatic N) is 1. The Bertz CT molecular complexity index is 492. The van der Waals surface area contributed by atoms with Crippen molar-refractivity contribution >= 4 is 23.2 Å². The second kappa shape index (κ2) is 6.35. The van der Waals surface area contributed by atoms with Gasteiger partial charge in [0.05, 0.1) is 10.4 Å². The van der Waals surface area contributed by atoms with Crippen LogP contribution in [0.4, 0.5) is 0 Å². The van der Waals surface area contributed by atoms with Gasteiger partial charge in [-0.2, -0.15) is 0 Å². The molecule has 1 aromatic rings. The van der Waals surface area contributed by atoms with Crippen molar-refractivity contribution in [2.45, 2.75) is 45.4 Å². The van der Waals surface area contributed by atoms with Crippen LogP contribution in [-0.2, 0) is 16.0 Å². The number of aliphatic carboxylic acids is 1. The number of hydrogen-bond acceptors (Lipinski definition) is 4. The molecule has 1 fully saturated rings. The zero-order valence-corrected chi connectivity index (χ0v) is 12.5. The standard InChI is InChI=1S/C14H20N2O3S/c1-10-9-20-12(16-10)4-7-15-11(17)8-14(13(18)19)5-2-3-6-14/h9H,2-8H2,1H3,(H,15,17)(H,18,19). The van der Waals surface area contributed by atoms with E-state index in [0.717, 1.165) is 23.5 Å². The summed E-state index contributed by atoms with van der Waals surface area (Å²) in [6.07, 6.45) is 3.82. The van der Waals surface area contributed by atoms with Gasteiger partial charge >= 0.3 is 5.97 Å². The van der Waals surface area contributed by atoms with E-state index in [4.69, 9.17) is 0 Å². The van der Waals surface area contributed by atoms with E-state index in [1.165, 1.54) is 0 Å². The average molecular weight is 296 g/mol. The summed E-state index contributed by atoms with van der Waals surface area (Å²) in [4.78, 5) is 27.6. The van der Waals surface area contributed by atoms with Crippen LogP contribution in [0.3, 0.4) is 0 Å². The molecule has 110 valence electrons. The highest BCUT2D eigenvalue weighted by atomic mass is 32.1. The van der Waals surface area contributed by atoms with E-state index >= 15 is 0 Å². The molecule has 5 nitrogen and oxygen atoms in total. The predicted octanol–water partition coefficient (Wildman–Crippen LogP) is 2.15. The highest BCUT2D eigenvalue weighted by Crippen LogP contribution is 2.41. The Morgan fingerprint density at radius 1 is 1.45 bits per heavy atom. The molecule has 2 rings (SSSR count). The summed E-state index contributed by atoms with van der Waals surface area (Å²) < 4.78 is 0. The van der Waals surface area contributed by atoms with Crippen molar-refractivity contribution in [2.24, 2.45) is 5.41 Å². The number of thiazole rings is 1. The first-order chi connectivity index (χ1) is 9.52. The van der Waals surface area contributed by atoms with E-state index in [-0.39, 0.29) is 12.3 Å². The van der Waals surface area contributed by atoms with Crippen molar-refractivity contribution in [1.82, 2.24) is 10.3 Å². The molecule has 1 aliphatic rings. The highest BCUT2D eigenvalue weighted by Gasteiger charge is 2.42. The minimum Gasteiger partial charge on any atom is -0.481 e. The second-order valence-electron chi connectivity index (χ2n) is 5.45. The molecule has 0 atom stereocenters. The number of rotatable bonds is 6. The lowest BCUT2D eigenvalue weighted by Crippen LogP contribution is -2.36. The highest BCUT2D eigenvalue weighted by molar-refractivity contribution is 7.09. The van der Waals surface area contributed by atoms with Crippen molar-refractivity contribution in [3.05, 3.63) is 16.1 Å². The first-order valence-electron chi connectivity index (χ1n) is 6.93. The van der Waals surface area contributed by atoms with Gasteiger partial charge in [0.25, 0.3) is 0 Å². The number of amides is 1. The maximum Gasteiger partial charge on any atom is 0.310 e. The summed E-state index contributed by atoms with van der Waals surface area (Å²) in [5, 5.41) is 15.1. The largest absolute Gasteiger partial charge is 0.481 e. The van der Waals surface area contributed by atoms with E-state index in [9.17, 15) is 14.7 Å². The summed E-state index contributed by atoms with van der Waals surface area (Å²) in [7, 11) is 0. The van der Waals surface area contributed by atoms with Crippen LogP contribution in [-0.4, -0.2) is 28.5 Å². The fourth-order valence-electron chi connectivity index (χ4n) is 2.71. The molecule has 0 radical (unpaired) electrons. The molecule has 0 spiro atoms. The van der Waals surface area contributed by atoms with Crippen molar-refractivity contribution < 1.29 is 14.7 Å². The molecular formula is C14H20N2O3S. The van der Waals surface area contributed by atoms with Crippen LogP contribution in [0.1, 0.15) is 42.8 Å². The van der Waals surface area contributed by atoms with E-state index < -0.39 is 11.4 Å². The van der Waals surface area contributed by atoms with Crippen LogP contribution in [0.5, 0.6) is 0 Å². The van der Waals surface area contributed by atoms with Crippen LogP contribution in [0.25, 0.3) is 0 Å². The van der Waals surface area contributed by atoms with Crippen LogP contribution in [0, 0.1) is 12.3 Å². The summed E-state index contributed by atoms with van der Waals surface area (Å²) >= 11 is 1.58. The molecule has 1 amide bonds. The first-order valence-corrected chi connectivity index (χ1v) is 7.81. The Kier molecular flexibility index (Phi) is 4.75.